The Morgan fingerprint density at radius 1 is 1.00 bits per heavy atom. The lowest BCUT2D eigenvalue weighted by atomic mass is 9.73. The number of nitrogens with one attached hydrogen (secondary N) is 2. The van der Waals surface area contributed by atoms with E-state index in [0.29, 0.717) is 6.54 Å². The zero-order chi connectivity index (χ0) is 20.0. The van der Waals surface area contributed by atoms with Crippen LogP contribution in [-0.2, 0) is 21.5 Å². The maximum Gasteiger partial charge on any atom is 0.242 e. The third kappa shape index (κ3) is 2.53. The third-order valence-corrected chi connectivity index (χ3v) is 5.97. The van der Waals surface area contributed by atoms with Crippen LogP contribution in [-0.4, -0.2) is 27.9 Å². The van der Waals surface area contributed by atoms with E-state index in [1.54, 1.807) is 0 Å². The molecule has 1 aliphatic rings. The van der Waals surface area contributed by atoms with Gasteiger partial charge in [-0.05, 0) is 36.2 Å². The van der Waals surface area contributed by atoms with Gasteiger partial charge in [-0.25, -0.2) is 0 Å². The Labute approximate surface area is 167 Å². The number of amides is 2. The van der Waals surface area contributed by atoms with Gasteiger partial charge in [-0.15, -0.1) is 0 Å². The second-order valence-electron chi connectivity index (χ2n) is 7.60. The normalized spacial score (nSPS) is 19.3. The monoisotopic (exact) mass is 386 g/mol. The molecule has 2 amide bonds. The van der Waals surface area contributed by atoms with Crippen LogP contribution in [0.2, 0.25) is 0 Å². The largest absolute Gasteiger partial charge is 0.361 e. The molecule has 3 heterocycles. The van der Waals surface area contributed by atoms with E-state index in [1.807, 2.05) is 60.9 Å². The number of aromatic amines is 1. The van der Waals surface area contributed by atoms with Crippen LogP contribution < -0.4 is 11.1 Å². The molecule has 6 nitrogen and oxygen atoms in total. The number of fused-ring (bicyclic) bond motifs is 2. The Hall–Kier alpha value is -3.38. The summed E-state index contributed by atoms with van der Waals surface area (Å²) >= 11 is 0. The molecular formula is C23H22N4O2. The van der Waals surface area contributed by atoms with Crippen LogP contribution in [0.3, 0.4) is 0 Å². The molecule has 0 spiro atoms. The lowest BCUT2D eigenvalue weighted by Gasteiger charge is -2.25. The van der Waals surface area contributed by atoms with Gasteiger partial charge in [-0.3, -0.25) is 14.9 Å². The Balaban J connectivity index is 1.82. The van der Waals surface area contributed by atoms with Crippen LogP contribution in [0.4, 0.5) is 0 Å². The number of para-hydroxylation sites is 2. The van der Waals surface area contributed by atoms with E-state index >= 15 is 0 Å². The molecule has 6 heteroatoms. The standard InChI is InChI=1S/C23H22N4O2/c24-10-5-11-27-14-18(16-7-2-4-9-20(16)27)23(12-21(28)26-22(23)29)17-13-25-19-8-3-1-6-15(17)19/h1-4,6-9,13-14,25H,5,10-12,24H2,(H,26,28,29). The van der Waals surface area contributed by atoms with Gasteiger partial charge in [0.15, 0.2) is 0 Å². The molecule has 1 aliphatic heterocycles. The SMILES string of the molecule is NCCCn1cc(C2(c3c[nH]c4ccccc34)CC(=O)NC2=O)c2ccccc21. The minimum Gasteiger partial charge on any atom is -0.361 e. The fourth-order valence-corrected chi connectivity index (χ4v) is 4.64. The molecule has 1 unspecified atom stereocenters. The van der Waals surface area contributed by atoms with E-state index in [2.05, 4.69) is 14.9 Å². The molecule has 1 fully saturated rings. The predicted octanol–water partition coefficient (Wildman–Crippen LogP) is 2.80. The zero-order valence-electron chi connectivity index (χ0n) is 15.9. The van der Waals surface area contributed by atoms with Crippen molar-refractivity contribution in [1.82, 2.24) is 14.9 Å². The van der Waals surface area contributed by atoms with Crippen molar-refractivity contribution in [2.45, 2.75) is 24.8 Å². The van der Waals surface area contributed by atoms with Crippen molar-refractivity contribution in [3.05, 3.63) is 72.1 Å². The highest BCUT2D eigenvalue weighted by molar-refractivity contribution is 6.14. The summed E-state index contributed by atoms with van der Waals surface area (Å²) in [5.41, 5.74) is 8.34. The van der Waals surface area contributed by atoms with Crippen LogP contribution in [0.25, 0.3) is 21.8 Å². The predicted molar refractivity (Wildman–Crippen MR) is 112 cm³/mol. The highest BCUT2D eigenvalue weighted by Crippen LogP contribution is 2.45. The molecule has 1 saturated heterocycles. The molecular weight excluding hydrogens is 364 g/mol. The number of carbonyl (C=O) groups is 2. The van der Waals surface area contributed by atoms with Crippen molar-refractivity contribution in [2.75, 3.05) is 6.54 Å². The summed E-state index contributed by atoms with van der Waals surface area (Å²) in [7, 11) is 0. The number of hydrogen-bond acceptors (Lipinski definition) is 3. The van der Waals surface area contributed by atoms with Gasteiger partial charge in [0.1, 0.15) is 5.41 Å². The van der Waals surface area contributed by atoms with E-state index in [0.717, 1.165) is 45.9 Å². The van der Waals surface area contributed by atoms with Gasteiger partial charge in [-0.1, -0.05) is 36.4 Å². The van der Waals surface area contributed by atoms with E-state index < -0.39 is 5.41 Å². The van der Waals surface area contributed by atoms with Gasteiger partial charge in [0, 0.05) is 47.2 Å². The second-order valence-corrected chi connectivity index (χ2v) is 7.60. The minimum absolute atomic E-state index is 0.0958. The van der Waals surface area contributed by atoms with Crippen LogP contribution >= 0.6 is 0 Å². The number of nitrogens with zero attached hydrogens (tertiary/aromatic N) is 1. The summed E-state index contributed by atoms with van der Waals surface area (Å²) in [5, 5.41) is 4.50. The van der Waals surface area contributed by atoms with Gasteiger partial charge in [0.25, 0.3) is 0 Å². The second kappa shape index (κ2) is 6.60. The lowest BCUT2D eigenvalue weighted by molar-refractivity contribution is -0.125. The summed E-state index contributed by atoms with van der Waals surface area (Å²) in [6.07, 6.45) is 4.83. The van der Waals surface area contributed by atoms with Gasteiger partial charge >= 0.3 is 0 Å². The van der Waals surface area contributed by atoms with Gasteiger partial charge in [0.05, 0.1) is 0 Å². The fourth-order valence-electron chi connectivity index (χ4n) is 4.64. The van der Waals surface area contributed by atoms with Crippen molar-refractivity contribution in [3.8, 4) is 0 Å². The number of aryl methyl sites for hydroxylation is 1. The molecule has 4 aromatic rings. The maximum absolute atomic E-state index is 13.3. The van der Waals surface area contributed by atoms with Gasteiger partial charge in [0.2, 0.25) is 11.8 Å². The maximum atomic E-state index is 13.3. The number of hydrogen-bond donors (Lipinski definition) is 3. The van der Waals surface area contributed by atoms with E-state index in [-0.39, 0.29) is 18.2 Å². The summed E-state index contributed by atoms with van der Waals surface area (Å²) in [4.78, 5) is 29.0. The molecule has 29 heavy (non-hydrogen) atoms. The zero-order valence-corrected chi connectivity index (χ0v) is 15.9. The molecule has 1 atom stereocenters. The topological polar surface area (TPSA) is 92.9 Å². The number of benzene rings is 2. The molecule has 2 aromatic heterocycles. The van der Waals surface area contributed by atoms with Crippen molar-refractivity contribution in [2.24, 2.45) is 5.73 Å². The summed E-state index contributed by atoms with van der Waals surface area (Å²) in [6.45, 7) is 1.35. The van der Waals surface area contributed by atoms with Crippen molar-refractivity contribution < 1.29 is 9.59 Å². The van der Waals surface area contributed by atoms with Crippen molar-refractivity contribution in [3.63, 3.8) is 0 Å². The van der Waals surface area contributed by atoms with E-state index in [4.69, 9.17) is 5.73 Å². The molecule has 5 rings (SSSR count). The van der Waals surface area contributed by atoms with E-state index in [1.165, 1.54) is 0 Å². The Bertz CT molecular complexity index is 1250. The number of aromatic nitrogens is 2. The molecule has 0 bridgehead atoms. The van der Waals surface area contributed by atoms with Crippen LogP contribution in [0.5, 0.6) is 0 Å². The Morgan fingerprint density at radius 2 is 1.76 bits per heavy atom. The van der Waals surface area contributed by atoms with E-state index in [9.17, 15) is 9.59 Å². The van der Waals surface area contributed by atoms with Crippen LogP contribution in [0, 0.1) is 0 Å². The Kier molecular flexibility index (Phi) is 4.03. The first-order chi connectivity index (χ1) is 14.1. The highest BCUT2D eigenvalue weighted by Gasteiger charge is 2.52. The number of imide groups is 1. The molecule has 0 saturated carbocycles. The smallest absolute Gasteiger partial charge is 0.242 e. The number of carbonyl (C=O) groups excluding carboxylic acids is 2. The van der Waals surface area contributed by atoms with Gasteiger partial charge in [-0.2, -0.15) is 0 Å². The number of H-pyrrole nitrogens is 1. The lowest BCUT2D eigenvalue weighted by Crippen LogP contribution is -2.36. The van der Waals surface area contributed by atoms with Crippen molar-refractivity contribution in [1.29, 1.82) is 0 Å². The molecule has 0 radical (unpaired) electrons. The highest BCUT2D eigenvalue weighted by atomic mass is 16.2. The average molecular weight is 386 g/mol. The average Bonchev–Trinajstić information content (AvgIpc) is 3.40. The number of nitrogens with two attached hydrogens (primary N) is 1. The molecule has 2 aromatic carbocycles. The van der Waals surface area contributed by atoms with Crippen LogP contribution in [0.15, 0.2) is 60.9 Å². The first-order valence-electron chi connectivity index (χ1n) is 9.84. The van der Waals surface area contributed by atoms with Crippen molar-refractivity contribution >= 4 is 33.6 Å². The first kappa shape index (κ1) is 17.7. The fraction of sp³-hybridized carbons (Fsp3) is 0.217. The molecule has 0 aliphatic carbocycles. The third-order valence-electron chi connectivity index (χ3n) is 5.97. The van der Waals surface area contributed by atoms with Crippen LogP contribution in [0.1, 0.15) is 24.0 Å². The quantitative estimate of drug-likeness (QED) is 0.461. The Morgan fingerprint density at radius 3 is 2.52 bits per heavy atom. The number of rotatable bonds is 5. The summed E-state index contributed by atoms with van der Waals surface area (Å²) < 4.78 is 2.14. The summed E-state index contributed by atoms with van der Waals surface area (Å²) in [6, 6.07) is 15.9. The summed E-state index contributed by atoms with van der Waals surface area (Å²) in [5.74, 6) is -0.520. The van der Waals surface area contributed by atoms with Gasteiger partial charge < -0.3 is 15.3 Å². The first-order valence-corrected chi connectivity index (χ1v) is 9.84. The minimum atomic E-state index is -1.07. The molecule has 146 valence electrons. The molecule has 4 N–H and O–H groups in total.